The first-order valence-electron chi connectivity index (χ1n) is 5.83. The van der Waals surface area contributed by atoms with E-state index in [1.807, 2.05) is 31.2 Å². The van der Waals surface area contributed by atoms with Crippen LogP contribution in [0.5, 0.6) is 5.75 Å². The van der Waals surface area contributed by atoms with Gasteiger partial charge < -0.3 is 15.8 Å². The molecule has 0 aromatic heterocycles. The Morgan fingerprint density at radius 2 is 2.29 bits per heavy atom. The van der Waals surface area contributed by atoms with E-state index in [-0.39, 0.29) is 11.9 Å². The number of ether oxygens (including phenoxy) is 1. The minimum absolute atomic E-state index is 0.236. The third-order valence-electron chi connectivity index (χ3n) is 2.69. The third kappa shape index (κ3) is 4.44. The summed E-state index contributed by atoms with van der Waals surface area (Å²) in [4.78, 5) is 11.0. The lowest BCUT2D eigenvalue weighted by Crippen LogP contribution is -2.41. The van der Waals surface area contributed by atoms with Crippen LogP contribution in [0.15, 0.2) is 24.3 Å². The molecule has 0 bridgehead atoms. The summed E-state index contributed by atoms with van der Waals surface area (Å²) in [5.41, 5.74) is 6.43. The van der Waals surface area contributed by atoms with Gasteiger partial charge in [-0.15, -0.1) is 0 Å². The van der Waals surface area contributed by atoms with Crippen LogP contribution in [0.2, 0.25) is 0 Å². The molecule has 0 heterocycles. The van der Waals surface area contributed by atoms with Crippen molar-refractivity contribution < 1.29 is 9.53 Å². The molecule has 94 valence electrons. The first-order valence-corrected chi connectivity index (χ1v) is 5.83. The standard InChI is InChI=1S/C13H20N2O2/c1-3-12(13(14)16)15-8-7-10-5-4-6-11(9-10)17-2/h4-6,9,12,15H,3,7-8H2,1-2H3,(H2,14,16). The van der Waals surface area contributed by atoms with Crippen LogP contribution in [0, 0.1) is 0 Å². The maximum Gasteiger partial charge on any atom is 0.234 e. The highest BCUT2D eigenvalue weighted by Gasteiger charge is 2.10. The van der Waals surface area contributed by atoms with E-state index in [9.17, 15) is 4.79 Å². The summed E-state index contributed by atoms with van der Waals surface area (Å²) >= 11 is 0. The molecular formula is C13H20N2O2. The minimum atomic E-state index is -0.293. The SMILES string of the molecule is CCC(NCCc1cccc(OC)c1)C(N)=O. The monoisotopic (exact) mass is 236 g/mol. The van der Waals surface area contributed by atoms with Crippen LogP contribution in [0.3, 0.4) is 0 Å². The van der Waals surface area contributed by atoms with Crippen LogP contribution in [0.25, 0.3) is 0 Å². The molecule has 3 N–H and O–H groups in total. The maximum atomic E-state index is 11.0. The van der Waals surface area contributed by atoms with Crippen molar-refractivity contribution in [3.05, 3.63) is 29.8 Å². The Hall–Kier alpha value is -1.55. The Morgan fingerprint density at radius 1 is 1.53 bits per heavy atom. The number of nitrogens with two attached hydrogens (primary N) is 1. The van der Waals surface area contributed by atoms with Gasteiger partial charge in [0, 0.05) is 0 Å². The lowest BCUT2D eigenvalue weighted by atomic mass is 10.1. The van der Waals surface area contributed by atoms with Crippen molar-refractivity contribution in [1.29, 1.82) is 0 Å². The van der Waals surface area contributed by atoms with E-state index in [4.69, 9.17) is 10.5 Å². The molecule has 1 atom stereocenters. The molecule has 1 unspecified atom stereocenters. The van der Waals surface area contributed by atoms with Crippen molar-refractivity contribution in [3.63, 3.8) is 0 Å². The molecule has 0 radical (unpaired) electrons. The van der Waals surface area contributed by atoms with Crippen LogP contribution in [0.1, 0.15) is 18.9 Å². The molecule has 1 aromatic rings. The van der Waals surface area contributed by atoms with E-state index in [1.54, 1.807) is 7.11 Å². The Bertz CT molecular complexity index is 366. The average molecular weight is 236 g/mol. The summed E-state index contributed by atoms with van der Waals surface area (Å²) < 4.78 is 5.15. The predicted octanol–water partition coefficient (Wildman–Crippen LogP) is 1.09. The fourth-order valence-electron chi connectivity index (χ4n) is 1.66. The number of rotatable bonds is 7. The zero-order valence-corrected chi connectivity index (χ0v) is 10.4. The normalized spacial score (nSPS) is 12.1. The lowest BCUT2D eigenvalue weighted by molar-refractivity contribution is -0.120. The van der Waals surface area contributed by atoms with Gasteiger partial charge in [-0.2, -0.15) is 0 Å². The van der Waals surface area contributed by atoms with E-state index in [0.29, 0.717) is 6.42 Å². The predicted molar refractivity (Wildman–Crippen MR) is 68.0 cm³/mol. The summed E-state index contributed by atoms with van der Waals surface area (Å²) in [6.45, 7) is 2.67. The van der Waals surface area contributed by atoms with Gasteiger partial charge in [-0.25, -0.2) is 0 Å². The number of primary amides is 1. The van der Waals surface area contributed by atoms with Crippen LogP contribution in [-0.2, 0) is 11.2 Å². The number of carbonyl (C=O) groups is 1. The Labute approximate surface area is 102 Å². The third-order valence-corrected chi connectivity index (χ3v) is 2.69. The zero-order chi connectivity index (χ0) is 12.7. The van der Waals surface area contributed by atoms with Gasteiger partial charge in [0.05, 0.1) is 13.2 Å². The fraction of sp³-hybridized carbons (Fsp3) is 0.462. The molecule has 4 nitrogen and oxygen atoms in total. The highest BCUT2D eigenvalue weighted by atomic mass is 16.5. The smallest absolute Gasteiger partial charge is 0.234 e. The Morgan fingerprint density at radius 3 is 2.88 bits per heavy atom. The van der Waals surface area contributed by atoms with Gasteiger partial charge in [0.1, 0.15) is 5.75 Å². The Balaban J connectivity index is 2.42. The van der Waals surface area contributed by atoms with Crippen molar-refractivity contribution in [2.45, 2.75) is 25.8 Å². The first kappa shape index (κ1) is 13.5. The summed E-state index contributed by atoms with van der Waals surface area (Å²) in [5, 5.41) is 3.14. The molecule has 1 aromatic carbocycles. The number of benzene rings is 1. The van der Waals surface area contributed by atoms with Gasteiger partial charge in [0.2, 0.25) is 5.91 Å². The molecule has 1 rings (SSSR count). The molecule has 0 saturated heterocycles. The number of hydrogen-bond acceptors (Lipinski definition) is 3. The molecule has 0 aliphatic heterocycles. The van der Waals surface area contributed by atoms with Crippen molar-refractivity contribution in [1.82, 2.24) is 5.32 Å². The number of hydrogen-bond donors (Lipinski definition) is 2. The topological polar surface area (TPSA) is 64.3 Å². The second kappa shape index (κ2) is 6.91. The lowest BCUT2D eigenvalue weighted by Gasteiger charge is -2.13. The molecule has 0 aliphatic rings. The minimum Gasteiger partial charge on any atom is -0.497 e. The number of amides is 1. The number of methoxy groups -OCH3 is 1. The van der Waals surface area contributed by atoms with Gasteiger partial charge >= 0.3 is 0 Å². The summed E-state index contributed by atoms with van der Waals surface area (Å²) in [6, 6.07) is 7.66. The largest absolute Gasteiger partial charge is 0.497 e. The summed E-state index contributed by atoms with van der Waals surface area (Å²) in [6.07, 6.45) is 1.56. The number of carbonyl (C=O) groups excluding carboxylic acids is 1. The van der Waals surface area contributed by atoms with E-state index in [1.165, 1.54) is 5.56 Å². The highest BCUT2D eigenvalue weighted by molar-refractivity contribution is 5.79. The maximum absolute atomic E-state index is 11.0. The molecule has 0 spiro atoms. The van der Waals surface area contributed by atoms with Crippen molar-refractivity contribution in [2.24, 2.45) is 5.73 Å². The fourth-order valence-corrected chi connectivity index (χ4v) is 1.66. The van der Waals surface area contributed by atoms with E-state index >= 15 is 0 Å². The van der Waals surface area contributed by atoms with E-state index in [0.717, 1.165) is 18.7 Å². The molecule has 0 fully saturated rings. The van der Waals surface area contributed by atoms with Crippen molar-refractivity contribution in [2.75, 3.05) is 13.7 Å². The molecule has 4 heteroatoms. The molecular weight excluding hydrogens is 216 g/mol. The summed E-state index contributed by atoms with van der Waals surface area (Å²) in [5.74, 6) is 0.558. The molecule has 1 amide bonds. The van der Waals surface area contributed by atoms with Gasteiger partial charge in [-0.1, -0.05) is 19.1 Å². The van der Waals surface area contributed by atoms with Crippen molar-refractivity contribution >= 4 is 5.91 Å². The van der Waals surface area contributed by atoms with E-state index in [2.05, 4.69) is 5.32 Å². The Kier molecular flexibility index (Phi) is 5.49. The van der Waals surface area contributed by atoms with Gasteiger partial charge in [-0.05, 0) is 37.1 Å². The van der Waals surface area contributed by atoms with Crippen LogP contribution in [0.4, 0.5) is 0 Å². The molecule has 0 saturated carbocycles. The average Bonchev–Trinajstić information content (AvgIpc) is 2.34. The van der Waals surface area contributed by atoms with E-state index < -0.39 is 0 Å². The van der Waals surface area contributed by atoms with Crippen LogP contribution < -0.4 is 15.8 Å². The van der Waals surface area contributed by atoms with Gasteiger partial charge in [-0.3, -0.25) is 4.79 Å². The molecule has 17 heavy (non-hydrogen) atoms. The second-order valence-corrected chi connectivity index (χ2v) is 3.92. The second-order valence-electron chi connectivity index (χ2n) is 3.92. The van der Waals surface area contributed by atoms with Gasteiger partial charge in [0.25, 0.3) is 0 Å². The van der Waals surface area contributed by atoms with Crippen LogP contribution in [-0.4, -0.2) is 25.6 Å². The summed E-state index contributed by atoms with van der Waals surface area (Å²) in [7, 11) is 1.65. The molecule has 0 aliphatic carbocycles. The first-order chi connectivity index (χ1) is 8.17. The highest BCUT2D eigenvalue weighted by Crippen LogP contribution is 2.12. The number of nitrogens with one attached hydrogen (secondary N) is 1. The van der Waals surface area contributed by atoms with Crippen molar-refractivity contribution in [3.8, 4) is 5.75 Å². The van der Waals surface area contributed by atoms with Gasteiger partial charge in [0.15, 0.2) is 0 Å². The quantitative estimate of drug-likeness (QED) is 0.745. The van der Waals surface area contributed by atoms with Crippen LogP contribution >= 0.6 is 0 Å². The zero-order valence-electron chi connectivity index (χ0n) is 10.4.